The van der Waals surface area contributed by atoms with Gasteiger partial charge in [-0.05, 0) is 18.2 Å². The van der Waals surface area contributed by atoms with Crippen molar-refractivity contribution >= 4 is 17.6 Å². The van der Waals surface area contributed by atoms with Crippen LogP contribution in [0.15, 0.2) is 18.2 Å². The number of ether oxygens (including phenoxy) is 2. The molecule has 1 saturated heterocycles. The van der Waals surface area contributed by atoms with Crippen LogP contribution >= 0.6 is 0 Å². The SMILES string of the molecule is COC(=O)C1COCCN1C(=O)c1ccc(F)c(N)c1. The largest absolute Gasteiger partial charge is 0.467 e. The van der Waals surface area contributed by atoms with Gasteiger partial charge in [0.25, 0.3) is 5.91 Å². The van der Waals surface area contributed by atoms with Gasteiger partial charge in [-0.2, -0.15) is 0 Å². The lowest BCUT2D eigenvalue weighted by Crippen LogP contribution is -2.53. The number of methoxy groups -OCH3 is 1. The first-order valence-electron chi connectivity index (χ1n) is 6.06. The summed E-state index contributed by atoms with van der Waals surface area (Å²) in [5.41, 5.74) is 5.56. The molecular weight excluding hydrogens is 267 g/mol. The summed E-state index contributed by atoms with van der Waals surface area (Å²) in [4.78, 5) is 25.4. The van der Waals surface area contributed by atoms with Gasteiger partial charge in [-0.25, -0.2) is 9.18 Å². The summed E-state index contributed by atoms with van der Waals surface area (Å²) in [5.74, 6) is -1.54. The molecule has 0 saturated carbocycles. The Balaban J connectivity index is 2.25. The third kappa shape index (κ3) is 2.72. The topological polar surface area (TPSA) is 81.9 Å². The second kappa shape index (κ2) is 5.87. The number of halogens is 1. The van der Waals surface area contributed by atoms with Crippen molar-refractivity contribution in [2.45, 2.75) is 6.04 Å². The van der Waals surface area contributed by atoms with Gasteiger partial charge in [0.1, 0.15) is 5.82 Å². The first-order valence-corrected chi connectivity index (χ1v) is 6.06. The number of morpholine rings is 1. The molecule has 2 rings (SSSR count). The van der Waals surface area contributed by atoms with Crippen molar-refractivity contribution in [3.05, 3.63) is 29.6 Å². The zero-order valence-corrected chi connectivity index (χ0v) is 11.0. The van der Waals surface area contributed by atoms with Crippen LogP contribution < -0.4 is 5.73 Å². The molecule has 0 aromatic heterocycles. The lowest BCUT2D eigenvalue weighted by atomic mass is 10.1. The standard InChI is InChI=1S/C13H15FN2O4/c1-19-13(18)11-7-20-5-4-16(11)12(17)8-2-3-9(14)10(15)6-8/h2-3,6,11H,4-5,7,15H2,1H3. The molecule has 108 valence electrons. The summed E-state index contributed by atoms with van der Waals surface area (Å²) in [6.07, 6.45) is 0. The minimum absolute atomic E-state index is 0.0785. The maximum Gasteiger partial charge on any atom is 0.331 e. The molecule has 1 amide bonds. The predicted molar refractivity (Wildman–Crippen MR) is 68.5 cm³/mol. The smallest absolute Gasteiger partial charge is 0.331 e. The summed E-state index contributed by atoms with van der Waals surface area (Å²) in [7, 11) is 1.25. The normalized spacial score (nSPS) is 18.7. The van der Waals surface area contributed by atoms with E-state index in [9.17, 15) is 14.0 Å². The number of rotatable bonds is 2. The number of nitrogens with two attached hydrogens (primary N) is 1. The second-order valence-electron chi connectivity index (χ2n) is 4.35. The van der Waals surface area contributed by atoms with Crippen molar-refractivity contribution in [3.63, 3.8) is 0 Å². The van der Waals surface area contributed by atoms with E-state index in [1.165, 1.54) is 24.1 Å². The molecule has 20 heavy (non-hydrogen) atoms. The molecule has 0 radical (unpaired) electrons. The minimum atomic E-state index is -0.799. The van der Waals surface area contributed by atoms with Crippen LogP contribution in [0.2, 0.25) is 0 Å². The molecule has 1 heterocycles. The fourth-order valence-corrected chi connectivity index (χ4v) is 2.02. The molecule has 1 atom stereocenters. The Morgan fingerprint density at radius 1 is 1.50 bits per heavy atom. The minimum Gasteiger partial charge on any atom is -0.467 e. The number of nitrogens with zero attached hydrogens (tertiary/aromatic N) is 1. The predicted octanol–water partition coefficient (Wildman–Crippen LogP) is 0.422. The summed E-state index contributed by atoms with van der Waals surface area (Å²) in [6.45, 7) is 0.668. The van der Waals surface area contributed by atoms with Crippen LogP contribution in [-0.2, 0) is 14.3 Å². The molecule has 1 aromatic rings. The maximum atomic E-state index is 13.1. The molecule has 1 fully saturated rings. The number of hydrogen-bond acceptors (Lipinski definition) is 5. The van der Waals surface area contributed by atoms with Crippen LogP contribution in [0, 0.1) is 5.82 Å². The number of esters is 1. The van der Waals surface area contributed by atoms with E-state index in [0.29, 0.717) is 6.61 Å². The molecule has 0 bridgehead atoms. The van der Waals surface area contributed by atoms with E-state index >= 15 is 0 Å². The summed E-state index contributed by atoms with van der Waals surface area (Å²) >= 11 is 0. The van der Waals surface area contributed by atoms with Crippen molar-refractivity contribution in [1.82, 2.24) is 4.90 Å². The van der Waals surface area contributed by atoms with Gasteiger partial charge in [-0.15, -0.1) is 0 Å². The van der Waals surface area contributed by atoms with E-state index in [1.807, 2.05) is 0 Å². The van der Waals surface area contributed by atoms with Gasteiger partial charge in [0.2, 0.25) is 0 Å². The maximum absolute atomic E-state index is 13.1. The van der Waals surface area contributed by atoms with Crippen LogP contribution in [-0.4, -0.2) is 49.7 Å². The molecule has 2 N–H and O–H groups in total. The fourth-order valence-electron chi connectivity index (χ4n) is 2.02. The number of anilines is 1. The zero-order chi connectivity index (χ0) is 14.7. The molecule has 6 nitrogen and oxygen atoms in total. The average molecular weight is 282 g/mol. The van der Waals surface area contributed by atoms with Crippen LogP contribution in [0.25, 0.3) is 0 Å². The fraction of sp³-hybridized carbons (Fsp3) is 0.385. The lowest BCUT2D eigenvalue weighted by molar-refractivity contribution is -0.151. The van der Waals surface area contributed by atoms with E-state index < -0.39 is 23.7 Å². The van der Waals surface area contributed by atoms with Gasteiger partial charge in [-0.1, -0.05) is 0 Å². The van der Waals surface area contributed by atoms with E-state index in [0.717, 1.165) is 6.07 Å². The van der Waals surface area contributed by atoms with Crippen LogP contribution in [0.4, 0.5) is 10.1 Å². The Morgan fingerprint density at radius 2 is 2.25 bits per heavy atom. The molecule has 1 aliphatic rings. The first-order chi connectivity index (χ1) is 9.54. The molecular formula is C13H15FN2O4. The van der Waals surface area contributed by atoms with Crippen molar-refractivity contribution in [2.24, 2.45) is 0 Å². The number of amides is 1. The third-order valence-electron chi connectivity index (χ3n) is 3.11. The number of carbonyl (C=O) groups excluding carboxylic acids is 2. The molecule has 0 aliphatic carbocycles. The Hall–Kier alpha value is -2.15. The van der Waals surface area contributed by atoms with Gasteiger partial charge >= 0.3 is 5.97 Å². The summed E-state index contributed by atoms with van der Waals surface area (Å²) in [5, 5.41) is 0. The van der Waals surface area contributed by atoms with Crippen LogP contribution in [0.5, 0.6) is 0 Å². The number of benzene rings is 1. The van der Waals surface area contributed by atoms with E-state index in [2.05, 4.69) is 4.74 Å². The first kappa shape index (κ1) is 14.3. The molecule has 7 heteroatoms. The van der Waals surface area contributed by atoms with Crippen LogP contribution in [0.1, 0.15) is 10.4 Å². The number of nitrogen functional groups attached to an aromatic ring is 1. The number of hydrogen-bond donors (Lipinski definition) is 1. The highest BCUT2D eigenvalue weighted by molar-refractivity contribution is 5.97. The zero-order valence-electron chi connectivity index (χ0n) is 11.0. The van der Waals surface area contributed by atoms with Gasteiger partial charge in [0.05, 0.1) is 26.0 Å². The molecule has 0 spiro atoms. The highest BCUT2D eigenvalue weighted by Gasteiger charge is 2.34. The van der Waals surface area contributed by atoms with Crippen molar-refractivity contribution in [2.75, 3.05) is 32.6 Å². The van der Waals surface area contributed by atoms with Gasteiger partial charge in [0.15, 0.2) is 6.04 Å². The summed E-state index contributed by atoms with van der Waals surface area (Å²) in [6, 6.07) is 2.91. The third-order valence-corrected chi connectivity index (χ3v) is 3.11. The quantitative estimate of drug-likeness (QED) is 0.628. The highest BCUT2D eigenvalue weighted by Crippen LogP contribution is 2.17. The second-order valence-corrected chi connectivity index (χ2v) is 4.35. The Kier molecular flexibility index (Phi) is 4.19. The van der Waals surface area contributed by atoms with Crippen molar-refractivity contribution in [1.29, 1.82) is 0 Å². The monoisotopic (exact) mass is 282 g/mol. The van der Waals surface area contributed by atoms with E-state index in [-0.39, 0.29) is 24.4 Å². The molecule has 1 aliphatic heterocycles. The Labute approximate surface area is 115 Å². The average Bonchev–Trinajstić information content (AvgIpc) is 2.48. The molecule has 1 unspecified atom stereocenters. The van der Waals surface area contributed by atoms with Crippen LogP contribution in [0.3, 0.4) is 0 Å². The van der Waals surface area contributed by atoms with E-state index in [4.69, 9.17) is 10.5 Å². The Bertz CT molecular complexity index is 535. The lowest BCUT2D eigenvalue weighted by Gasteiger charge is -2.33. The molecule has 1 aromatic carbocycles. The van der Waals surface area contributed by atoms with Gasteiger partial charge in [0, 0.05) is 12.1 Å². The number of carbonyl (C=O) groups is 2. The van der Waals surface area contributed by atoms with Gasteiger partial charge < -0.3 is 20.1 Å². The van der Waals surface area contributed by atoms with E-state index in [1.54, 1.807) is 0 Å². The Morgan fingerprint density at radius 3 is 2.90 bits per heavy atom. The van der Waals surface area contributed by atoms with Crippen molar-refractivity contribution < 1.29 is 23.5 Å². The van der Waals surface area contributed by atoms with Gasteiger partial charge in [-0.3, -0.25) is 4.79 Å². The van der Waals surface area contributed by atoms with Crippen molar-refractivity contribution in [3.8, 4) is 0 Å². The summed E-state index contributed by atoms with van der Waals surface area (Å²) < 4.78 is 23.0. The highest BCUT2D eigenvalue weighted by atomic mass is 19.1.